The molecule has 1 N–H and O–H groups in total. The van der Waals surface area contributed by atoms with E-state index in [4.69, 9.17) is 0 Å². The number of nitrogens with one attached hydrogen (secondary N) is 1. The molecule has 0 aromatic heterocycles. The first-order valence-corrected chi connectivity index (χ1v) is 7.72. The average molecular weight is 311 g/mol. The van der Waals surface area contributed by atoms with E-state index in [1.807, 2.05) is 0 Å². The van der Waals surface area contributed by atoms with E-state index in [0.29, 0.717) is 12.1 Å². The van der Waals surface area contributed by atoms with Gasteiger partial charge in [-0.05, 0) is 50.6 Å². The van der Waals surface area contributed by atoms with Crippen molar-refractivity contribution in [1.82, 2.24) is 10.2 Å². The van der Waals surface area contributed by atoms with Crippen molar-refractivity contribution in [3.63, 3.8) is 0 Å². The van der Waals surface area contributed by atoms with Crippen LogP contribution in [0, 0.1) is 0 Å². The largest absolute Gasteiger partial charge is 0.306 e. The van der Waals surface area contributed by atoms with Crippen molar-refractivity contribution in [1.29, 1.82) is 0 Å². The highest BCUT2D eigenvalue weighted by molar-refractivity contribution is 9.10. The van der Waals surface area contributed by atoms with Crippen LogP contribution in [-0.2, 0) is 0 Å². The minimum atomic E-state index is 0.430. The maximum absolute atomic E-state index is 3.76. The fourth-order valence-electron chi connectivity index (χ4n) is 2.68. The van der Waals surface area contributed by atoms with Crippen LogP contribution in [0.5, 0.6) is 0 Å². The van der Waals surface area contributed by atoms with Gasteiger partial charge in [-0.25, -0.2) is 0 Å². The summed E-state index contributed by atoms with van der Waals surface area (Å²) in [6.45, 7) is 8.14. The molecule has 0 bridgehead atoms. The van der Waals surface area contributed by atoms with Crippen LogP contribution in [0.3, 0.4) is 0 Å². The lowest BCUT2D eigenvalue weighted by atomic mass is 10.0. The third-order valence-corrected chi connectivity index (χ3v) is 4.34. The number of hydrogen-bond donors (Lipinski definition) is 1. The number of halogens is 1. The first kappa shape index (κ1) is 14.0. The van der Waals surface area contributed by atoms with Crippen LogP contribution in [0.1, 0.15) is 38.3 Å². The van der Waals surface area contributed by atoms with Gasteiger partial charge in [0, 0.05) is 23.1 Å². The fraction of sp³-hybridized carbons (Fsp3) is 0.600. The van der Waals surface area contributed by atoms with Crippen molar-refractivity contribution in [2.24, 2.45) is 0 Å². The molecule has 18 heavy (non-hydrogen) atoms. The molecule has 2 unspecified atom stereocenters. The number of rotatable bonds is 4. The molecule has 1 heterocycles. The molecule has 3 heteroatoms. The van der Waals surface area contributed by atoms with Gasteiger partial charge in [0.05, 0.1) is 0 Å². The number of benzene rings is 1. The van der Waals surface area contributed by atoms with Gasteiger partial charge < -0.3 is 10.2 Å². The molecule has 2 nitrogen and oxygen atoms in total. The van der Waals surface area contributed by atoms with E-state index in [0.717, 1.165) is 4.47 Å². The molecule has 1 aliphatic heterocycles. The second kappa shape index (κ2) is 6.69. The third-order valence-electron chi connectivity index (χ3n) is 3.81. The van der Waals surface area contributed by atoms with E-state index in [-0.39, 0.29) is 0 Å². The third kappa shape index (κ3) is 3.81. The smallest absolute Gasteiger partial charge is 0.0294 e. The van der Waals surface area contributed by atoms with Crippen LogP contribution < -0.4 is 5.32 Å². The molecule has 0 aliphatic carbocycles. The predicted molar refractivity (Wildman–Crippen MR) is 80.8 cm³/mol. The molecule has 100 valence electrons. The maximum atomic E-state index is 3.76. The molecule has 0 spiro atoms. The standard InChI is InChI=1S/C15H23BrN2/c1-3-18-10-4-5-15(11-18)17-12(2)13-6-8-14(16)9-7-13/h6-9,12,15,17H,3-5,10-11H2,1-2H3. The Hall–Kier alpha value is -0.380. The van der Waals surface area contributed by atoms with Gasteiger partial charge in [0.1, 0.15) is 0 Å². The van der Waals surface area contributed by atoms with Gasteiger partial charge >= 0.3 is 0 Å². The Morgan fingerprint density at radius 3 is 2.78 bits per heavy atom. The fourth-order valence-corrected chi connectivity index (χ4v) is 2.94. The maximum Gasteiger partial charge on any atom is 0.0294 e. The van der Waals surface area contributed by atoms with E-state index < -0.39 is 0 Å². The molecule has 2 atom stereocenters. The minimum Gasteiger partial charge on any atom is -0.306 e. The summed E-state index contributed by atoms with van der Waals surface area (Å²) in [5.74, 6) is 0. The summed E-state index contributed by atoms with van der Waals surface area (Å²) in [5.41, 5.74) is 1.37. The molecule has 0 saturated carbocycles. The van der Waals surface area contributed by atoms with Gasteiger partial charge in [-0.1, -0.05) is 35.0 Å². The van der Waals surface area contributed by atoms with E-state index in [9.17, 15) is 0 Å². The Bertz CT molecular complexity index is 363. The van der Waals surface area contributed by atoms with Crippen LogP contribution >= 0.6 is 15.9 Å². The van der Waals surface area contributed by atoms with Gasteiger partial charge in [0.15, 0.2) is 0 Å². The van der Waals surface area contributed by atoms with Gasteiger partial charge in [-0.2, -0.15) is 0 Å². The van der Waals surface area contributed by atoms with Crippen LogP contribution in [0.2, 0.25) is 0 Å². The summed E-state index contributed by atoms with van der Waals surface area (Å²) in [5, 5.41) is 3.76. The Morgan fingerprint density at radius 1 is 1.39 bits per heavy atom. The highest BCUT2D eigenvalue weighted by atomic mass is 79.9. The monoisotopic (exact) mass is 310 g/mol. The van der Waals surface area contributed by atoms with Crippen molar-refractivity contribution < 1.29 is 0 Å². The lowest BCUT2D eigenvalue weighted by Gasteiger charge is -2.34. The number of piperidine rings is 1. The lowest BCUT2D eigenvalue weighted by molar-refractivity contribution is 0.192. The Labute approximate surface area is 119 Å². The zero-order valence-corrected chi connectivity index (χ0v) is 12.9. The summed E-state index contributed by atoms with van der Waals surface area (Å²) in [7, 11) is 0. The Morgan fingerprint density at radius 2 is 2.11 bits per heavy atom. The molecule has 1 saturated heterocycles. The lowest BCUT2D eigenvalue weighted by Crippen LogP contribution is -2.46. The molecule has 1 aromatic rings. The first-order chi connectivity index (χ1) is 8.69. The summed E-state index contributed by atoms with van der Waals surface area (Å²) < 4.78 is 1.15. The SMILES string of the molecule is CCN1CCCC(NC(C)c2ccc(Br)cc2)C1. The van der Waals surface area contributed by atoms with Crippen molar-refractivity contribution in [2.75, 3.05) is 19.6 Å². The highest BCUT2D eigenvalue weighted by Gasteiger charge is 2.20. The van der Waals surface area contributed by atoms with Crippen molar-refractivity contribution in [2.45, 2.75) is 38.8 Å². The van der Waals surface area contributed by atoms with Gasteiger partial charge in [-0.3, -0.25) is 0 Å². The summed E-state index contributed by atoms with van der Waals surface area (Å²) in [6, 6.07) is 9.70. The van der Waals surface area contributed by atoms with E-state index in [1.54, 1.807) is 0 Å². The molecule has 2 rings (SSSR count). The zero-order valence-electron chi connectivity index (χ0n) is 11.3. The molecule has 1 aliphatic rings. The molecular weight excluding hydrogens is 288 g/mol. The van der Waals surface area contributed by atoms with Gasteiger partial charge in [0.2, 0.25) is 0 Å². The molecule has 0 amide bonds. The molecule has 0 radical (unpaired) electrons. The van der Waals surface area contributed by atoms with Crippen molar-refractivity contribution >= 4 is 15.9 Å². The Balaban J connectivity index is 1.90. The second-order valence-electron chi connectivity index (χ2n) is 5.17. The van der Waals surface area contributed by atoms with E-state index in [2.05, 4.69) is 64.3 Å². The number of likely N-dealkylation sites (tertiary alicyclic amines) is 1. The average Bonchev–Trinajstić information content (AvgIpc) is 2.39. The molecular formula is C15H23BrN2. The number of likely N-dealkylation sites (N-methyl/N-ethyl adjacent to an activating group) is 1. The van der Waals surface area contributed by atoms with Crippen molar-refractivity contribution in [3.05, 3.63) is 34.3 Å². The molecule has 1 aromatic carbocycles. The zero-order chi connectivity index (χ0) is 13.0. The highest BCUT2D eigenvalue weighted by Crippen LogP contribution is 2.19. The van der Waals surface area contributed by atoms with E-state index in [1.165, 1.54) is 38.0 Å². The quantitative estimate of drug-likeness (QED) is 0.914. The number of nitrogens with zero attached hydrogens (tertiary/aromatic N) is 1. The van der Waals surface area contributed by atoms with Crippen LogP contribution in [-0.4, -0.2) is 30.6 Å². The van der Waals surface area contributed by atoms with E-state index >= 15 is 0 Å². The second-order valence-corrected chi connectivity index (χ2v) is 6.09. The van der Waals surface area contributed by atoms with Gasteiger partial charge in [-0.15, -0.1) is 0 Å². The van der Waals surface area contributed by atoms with Gasteiger partial charge in [0.25, 0.3) is 0 Å². The summed E-state index contributed by atoms with van der Waals surface area (Å²) in [6.07, 6.45) is 2.62. The summed E-state index contributed by atoms with van der Waals surface area (Å²) >= 11 is 3.48. The van der Waals surface area contributed by atoms with Crippen LogP contribution in [0.15, 0.2) is 28.7 Å². The minimum absolute atomic E-state index is 0.430. The van der Waals surface area contributed by atoms with Crippen LogP contribution in [0.25, 0.3) is 0 Å². The molecule has 1 fully saturated rings. The topological polar surface area (TPSA) is 15.3 Å². The van der Waals surface area contributed by atoms with Crippen LogP contribution in [0.4, 0.5) is 0 Å². The predicted octanol–water partition coefficient (Wildman–Crippen LogP) is 3.58. The Kier molecular flexibility index (Phi) is 5.22. The summed E-state index contributed by atoms with van der Waals surface area (Å²) in [4.78, 5) is 2.54. The van der Waals surface area contributed by atoms with Crippen molar-refractivity contribution in [3.8, 4) is 0 Å². The number of hydrogen-bond acceptors (Lipinski definition) is 2. The first-order valence-electron chi connectivity index (χ1n) is 6.93. The normalized spacial score (nSPS) is 22.9.